The number of benzene rings is 1. The van der Waals surface area contributed by atoms with Crippen LogP contribution in [0.5, 0.6) is 0 Å². The van der Waals surface area contributed by atoms with Crippen LogP contribution >= 0.6 is 23.1 Å². The first-order valence-electron chi connectivity index (χ1n) is 8.52. The van der Waals surface area contributed by atoms with Crippen LogP contribution in [-0.4, -0.2) is 45.0 Å². The van der Waals surface area contributed by atoms with Crippen molar-refractivity contribution in [2.24, 2.45) is 0 Å². The van der Waals surface area contributed by atoms with Crippen molar-refractivity contribution in [2.75, 3.05) is 30.5 Å². The van der Waals surface area contributed by atoms with E-state index in [0.29, 0.717) is 15.2 Å². The average molecular weight is 452 g/mol. The van der Waals surface area contributed by atoms with Gasteiger partial charge in [-0.3, -0.25) is 19.1 Å². The number of anilines is 3. The Kier molecular flexibility index (Phi) is 6.97. The molecule has 0 atom stereocenters. The number of ketones is 1. The third-order valence-electron chi connectivity index (χ3n) is 3.85. The third-order valence-corrected chi connectivity index (χ3v) is 5.82. The van der Waals surface area contributed by atoms with E-state index in [-0.39, 0.29) is 36.1 Å². The first-order chi connectivity index (χ1) is 14.4. The summed E-state index contributed by atoms with van der Waals surface area (Å²) >= 11 is 2.23. The van der Waals surface area contributed by atoms with Gasteiger partial charge in [0.15, 0.2) is 10.1 Å². The lowest BCUT2D eigenvalue weighted by Gasteiger charge is -2.11. The number of carbonyl (C=O) groups is 1. The van der Waals surface area contributed by atoms with Gasteiger partial charge in [-0.15, -0.1) is 10.2 Å². The van der Waals surface area contributed by atoms with Crippen molar-refractivity contribution in [1.82, 2.24) is 19.7 Å². The van der Waals surface area contributed by atoms with E-state index in [2.05, 4.69) is 20.5 Å². The molecule has 3 rings (SSSR count). The zero-order valence-electron chi connectivity index (χ0n) is 15.7. The van der Waals surface area contributed by atoms with Crippen molar-refractivity contribution < 1.29 is 13.9 Å². The number of Topliss-reactive ketones (excluding diaryl/α,β-unsaturated/α-hetero) is 1. The Morgan fingerprint density at radius 1 is 1.40 bits per heavy atom. The summed E-state index contributed by atoms with van der Waals surface area (Å²) in [5, 5.41) is 11.2. The van der Waals surface area contributed by atoms with Gasteiger partial charge in [0.05, 0.1) is 18.9 Å². The van der Waals surface area contributed by atoms with Crippen LogP contribution in [-0.2, 0) is 11.3 Å². The van der Waals surface area contributed by atoms with Gasteiger partial charge in [-0.05, 0) is 18.2 Å². The van der Waals surface area contributed by atoms with Crippen LogP contribution in [0.4, 0.5) is 21.0 Å². The predicted octanol–water partition coefficient (Wildman–Crippen LogP) is 1.47. The molecule has 0 fully saturated rings. The van der Waals surface area contributed by atoms with Crippen LogP contribution < -0.4 is 22.3 Å². The number of halogens is 1. The Morgan fingerprint density at radius 2 is 2.20 bits per heavy atom. The second kappa shape index (κ2) is 9.65. The monoisotopic (exact) mass is 452 g/mol. The smallest absolute Gasteiger partial charge is 0.330 e. The van der Waals surface area contributed by atoms with Gasteiger partial charge in [0.1, 0.15) is 17.2 Å². The SMILES string of the molecule is COCCn1c(N)c(C(=O)CSc2nnc(Nc3cccc(F)c3)s2)c(=O)[nH]c1=O. The molecule has 10 nitrogen and oxygen atoms in total. The topological polar surface area (TPSA) is 145 Å². The van der Waals surface area contributed by atoms with Gasteiger partial charge in [-0.2, -0.15) is 0 Å². The fourth-order valence-electron chi connectivity index (χ4n) is 2.47. The van der Waals surface area contributed by atoms with E-state index in [1.165, 1.54) is 19.2 Å². The van der Waals surface area contributed by atoms with Crippen molar-refractivity contribution in [3.63, 3.8) is 0 Å². The molecule has 0 unspecified atom stereocenters. The summed E-state index contributed by atoms with van der Waals surface area (Å²) < 4.78 is 19.7. The van der Waals surface area contributed by atoms with E-state index in [4.69, 9.17) is 10.5 Å². The maximum absolute atomic E-state index is 13.3. The number of nitrogens with one attached hydrogen (secondary N) is 2. The van der Waals surface area contributed by atoms with E-state index in [1.807, 2.05) is 0 Å². The number of aromatic amines is 1. The van der Waals surface area contributed by atoms with Crippen LogP contribution in [0.1, 0.15) is 10.4 Å². The number of aromatic nitrogens is 4. The van der Waals surface area contributed by atoms with Gasteiger partial charge in [0, 0.05) is 12.8 Å². The van der Waals surface area contributed by atoms with Gasteiger partial charge < -0.3 is 15.8 Å². The molecule has 13 heteroatoms. The van der Waals surface area contributed by atoms with E-state index in [0.717, 1.165) is 27.7 Å². The maximum Gasteiger partial charge on any atom is 0.330 e. The highest BCUT2D eigenvalue weighted by Gasteiger charge is 2.20. The molecule has 0 aliphatic heterocycles. The van der Waals surface area contributed by atoms with Crippen LogP contribution in [0, 0.1) is 5.82 Å². The first-order valence-corrected chi connectivity index (χ1v) is 10.3. The summed E-state index contributed by atoms with van der Waals surface area (Å²) in [7, 11) is 1.45. The number of hydrogen-bond acceptors (Lipinski definition) is 10. The Hall–Kier alpha value is -3.03. The van der Waals surface area contributed by atoms with E-state index < -0.39 is 17.0 Å². The minimum atomic E-state index is -0.845. The molecular weight excluding hydrogens is 435 g/mol. The Balaban J connectivity index is 1.70. The maximum atomic E-state index is 13.3. The molecule has 4 N–H and O–H groups in total. The highest BCUT2D eigenvalue weighted by Crippen LogP contribution is 2.28. The number of thioether (sulfide) groups is 1. The summed E-state index contributed by atoms with van der Waals surface area (Å²) in [4.78, 5) is 38.7. The second-order valence-electron chi connectivity index (χ2n) is 5.88. The van der Waals surface area contributed by atoms with E-state index in [1.54, 1.807) is 12.1 Å². The minimum absolute atomic E-state index is 0.0941. The fraction of sp³-hybridized carbons (Fsp3) is 0.235. The highest BCUT2D eigenvalue weighted by atomic mass is 32.2. The summed E-state index contributed by atoms with van der Waals surface area (Å²) in [6.45, 7) is 0.279. The Bertz CT molecular complexity index is 1180. The van der Waals surface area contributed by atoms with Crippen LogP contribution in [0.15, 0.2) is 38.2 Å². The number of nitrogens with two attached hydrogens (primary N) is 1. The van der Waals surface area contributed by atoms with Crippen LogP contribution in [0.25, 0.3) is 0 Å². The molecule has 0 aliphatic carbocycles. The number of rotatable bonds is 9. The minimum Gasteiger partial charge on any atom is -0.384 e. The molecule has 1 aromatic carbocycles. The molecule has 158 valence electrons. The molecular formula is C17H17FN6O4S2. The number of methoxy groups -OCH3 is 1. The lowest BCUT2D eigenvalue weighted by molar-refractivity contribution is 0.102. The number of H-pyrrole nitrogens is 1. The molecule has 3 aromatic rings. The second-order valence-corrected chi connectivity index (χ2v) is 8.08. The van der Waals surface area contributed by atoms with Gasteiger partial charge in [0.25, 0.3) is 5.56 Å². The normalized spacial score (nSPS) is 10.9. The molecule has 0 saturated heterocycles. The molecule has 0 radical (unpaired) electrons. The lowest BCUT2D eigenvalue weighted by Crippen LogP contribution is -2.37. The number of nitrogens with zero attached hydrogens (tertiary/aromatic N) is 3. The lowest BCUT2D eigenvalue weighted by atomic mass is 10.2. The Labute approximate surface area is 177 Å². The van der Waals surface area contributed by atoms with Gasteiger partial charge in [-0.1, -0.05) is 29.2 Å². The summed E-state index contributed by atoms with van der Waals surface area (Å²) in [6, 6.07) is 5.87. The molecule has 0 amide bonds. The molecule has 0 bridgehead atoms. The summed E-state index contributed by atoms with van der Waals surface area (Å²) in [5.41, 5.74) is 4.55. The van der Waals surface area contributed by atoms with Crippen LogP contribution in [0.2, 0.25) is 0 Å². The van der Waals surface area contributed by atoms with Gasteiger partial charge >= 0.3 is 5.69 Å². The molecule has 2 heterocycles. The fourth-order valence-corrected chi connectivity index (χ4v) is 4.11. The van der Waals surface area contributed by atoms with E-state index >= 15 is 0 Å². The molecule has 0 aliphatic rings. The quantitative estimate of drug-likeness (QED) is 0.324. The van der Waals surface area contributed by atoms with Crippen molar-refractivity contribution in [1.29, 1.82) is 0 Å². The average Bonchev–Trinajstić information content (AvgIpc) is 3.13. The zero-order valence-corrected chi connectivity index (χ0v) is 17.3. The summed E-state index contributed by atoms with van der Waals surface area (Å²) in [6.07, 6.45) is 0. The zero-order chi connectivity index (χ0) is 21.7. The molecule has 0 saturated carbocycles. The van der Waals surface area contributed by atoms with Gasteiger partial charge in [0.2, 0.25) is 5.13 Å². The number of nitrogen functional groups attached to an aromatic ring is 1. The van der Waals surface area contributed by atoms with Crippen molar-refractivity contribution in [3.05, 3.63) is 56.5 Å². The van der Waals surface area contributed by atoms with Crippen LogP contribution in [0.3, 0.4) is 0 Å². The van der Waals surface area contributed by atoms with Crippen molar-refractivity contribution in [2.45, 2.75) is 10.9 Å². The Morgan fingerprint density at radius 3 is 2.93 bits per heavy atom. The number of ether oxygens (including phenoxy) is 1. The molecule has 0 spiro atoms. The third kappa shape index (κ3) is 5.11. The number of hydrogen-bond donors (Lipinski definition) is 3. The molecule has 30 heavy (non-hydrogen) atoms. The summed E-state index contributed by atoms with van der Waals surface area (Å²) in [5.74, 6) is -1.29. The van der Waals surface area contributed by atoms with E-state index in [9.17, 15) is 18.8 Å². The highest BCUT2D eigenvalue weighted by molar-refractivity contribution is 8.01. The standard InChI is InChI=1S/C17H17FN6O4S2/c1-28-6-5-24-13(19)12(14(26)21-16(24)27)11(25)8-29-17-23-22-15(30-17)20-10-4-2-3-9(18)7-10/h2-4,7H,5-6,8,19H2,1H3,(H,20,22)(H,21,26,27). The number of carbonyl (C=O) groups excluding carboxylic acids is 1. The first kappa shape index (κ1) is 21.7. The van der Waals surface area contributed by atoms with Crippen molar-refractivity contribution in [3.8, 4) is 0 Å². The predicted molar refractivity (Wildman–Crippen MR) is 112 cm³/mol. The largest absolute Gasteiger partial charge is 0.384 e. The van der Waals surface area contributed by atoms with Gasteiger partial charge in [-0.25, -0.2) is 9.18 Å². The van der Waals surface area contributed by atoms with Crippen molar-refractivity contribution >= 4 is 45.5 Å². The molecule has 2 aromatic heterocycles.